The minimum Gasteiger partial charge on any atom is -0.464 e. The second kappa shape index (κ2) is 6.27. The number of benzene rings is 1. The van der Waals surface area contributed by atoms with Crippen LogP contribution >= 0.6 is 0 Å². The lowest BCUT2D eigenvalue weighted by molar-refractivity contribution is -0.134. The minimum absolute atomic E-state index is 0.292. The molecule has 1 heterocycles. The van der Waals surface area contributed by atoms with Crippen LogP contribution in [0.1, 0.15) is 56.6 Å². The highest BCUT2D eigenvalue weighted by Gasteiger charge is 2.38. The van der Waals surface area contributed by atoms with Crippen LogP contribution in [0.4, 0.5) is 0 Å². The van der Waals surface area contributed by atoms with E-state index in [0.29, 0.717) is 24.4 Å². The number of rotatable bonds is 4. The number of fused-ring (bicyclic) bond motifs is 1. The van der Waals surface area contributed by atoms with Gasteiger partial charge < -0.3 is 9.32 Å². The van der Waals surface area contributed by atoms with E-state index < -0.39 is 0 Å². The van der Waals surface area contributed by atoms with Crippen LogP contribution in [-0.4, -0.2) is 22.9 Å². The Labute approximate surface area is 144 Å². The van der Waals surface area contributed by atoms with Crippen molar-refractivity contribution in [1.82, 2.24) is 4.90 Å². The van der Waals surface area contributed by atoms with Crippen molar-refractivity contribution in [2.24, 2.45) is 5.92 Å². The Morgan fingerprint density at radius 3 is 2.46 bits per heavy atom. The third-order valence-corrected chi connectivity index (χ3v) is 5.76. The summed E-state index contributed by atoms with van der Waals surface area (Å²) in [4.78, 5) is 15.3. The van der Waals surface area contributed by atoms with Crippen LogP contribution in [0.3, 0.4) is 0 Å². The van der Waals surface area contributed by atoms with Gasteiger partial charge in [0.1, 0.15) is 5.58 Å². The van der Waals surface area contributed by atoms with Crippen molar-refractivity contribution in [3.05, 3.63) is 35.6 Å². The van der Waals surface area contributed by atoms with E-state index in [1.54, 1.807) is 6.26 Å². The first kappa shape index (κ1) is 15.7. The van der Waals surface area contributed by atoms with Crippen LogP contribution in [0, 0.1) is 12.8 Å². The average molecular weight is 325 g/mol. The van der Waals surface area contributed by atoms with Gasteiger partial charge in [0.05, 0.1) is 12.7 Å². The molecule has 3 heteroatoms. The Kier molecular flexibility index (Phi) is 4.11. The number of amides is 1. The highest BCUT2D eigenvalue weighted by Crippen LogP contribution is 2.36. The SMILES string of the molecule is Cc1ccc2c(CC(=O)N(C3CCC(C)CC3)C3CC3)coc2c1. The standard InChI is InChI=1S/C21H27NO2/c1-14-3-6-17(7-4-14)22(18-8-9-18)21(23)12-16-13-24-20-11-15(2)5-10-19(16)20/h5,10-11,13-14,17-18H,3-4,6-9,12H2,1-2H3. The summed E-state index contributed by atoms with van der Waals surface area (Å²) in [5, 5.41) is 1.09. The van der Waals surface area contributed by atoms with E-state index in [1.807, 2.05) is 6.07 Å². The summed E-state index contributed by atoms with van der Waals surface area (Å²) in [6, 6.07) is 7.18. The first-order valence-corrected chi connectivity index (χ1v) is 9.39. The highest BCUT2D eigenvalue weighted by molar-refractivity contribution is 5.88. The van der Waals surface area contributed by atoms with Crippen LogP contribution in [-0.2, 0) is 11.2 Å². The van der Waals surface area contributed by atoms with E-state index in [0.717, 1.165) is 22.5 Å². The molecule has 0 spiro atoms. The number of carbonyl (C=O) groups is 1. The molecule has 4 rings (SSSR count). The van der Waals surface area contributed by atoms with Crippen LogP contribution in [0.2, 0.25) is 0 Å². The van der Waals surface area contributed by atoms with E-state index in [-0.39, 0.29) is 0 Å². The molecule has 1 aromatic heterocycles. The van der Waals surface area contributed by atoms with Gasteiger partial charge in [-0.05, 0) is 63.0 Å². The van der Waals surface area contributed by atoms with Crippen LogP contribution < -0.4 is 0 Å². The van der Waals surface area contributed by atoms with Crippen molar-refractivity contribution in [1.29, 1.82) is 0 Å². The summed E-state index contributed by atoms with van der Waals surface area (Å²) in [5.74, 6) is 1.11. The lowest BCUT2D eigenvalue weighted by Gasteiger charge is -2.36. The van der Waals surface area contributed by atoms with Crippen molar-refractivity contribution in [2.75, 3.05) is 0 Å². The molecule has 1 amide bonds. The lowest BCUT2D eigenvalue weighted by Crippen LogP contribution is -2.44. The van der Waals surface area contributed by atoms with E-state index in [4.69, 9.17) is 4.42 Å². The predicted octanol–water partition coefficient (Wildman–Crippen LogP) is 4.85. The summed E-state index contributed by atoms with van der Waals surface area (Å²) in [5.41, 5.74) is 3.11. The van der Waals surface area contributed by atoms with Gasteiger partial charge in [-0.3, -0.25) is 4.79 Å². The minimum atomic E-state index is 0.292. The number of hydrogen-bond donors (Lipinski definition) is 0. The number of furan rings is 1. The average Bonchev–Trinajstić information content (AvgIpc) is 3.32. The summed E-state index contributed by atoms with van der Waals surface area (Å²) in [7, 11) is 0. The van der Waals surface area contributed by atoms with Crippen molar-refractivity contribution >= 4 is 16.9 Å². The quantitative estimate of drug-likeness (QED) is 0.805. The zero-order chi connectivity index (χ0) is 16.7. The third kappa shape index (κ3) is 3.09. The molecular formula is C21H27NO2. The highest BCUT2D eigenvalue weighted by atomic mass is 16.3. The zero-order valence-corrected chi connectivity index (χ0v) is 14.8. The van der Waals surface area contributed by atoms with Gasteiger partial charge in [0.2, 0.25) is 5.91 Å². The fraction of sp³-hybridized carbons (Fsp3) is 0.571. The largest absolute Gasteiger partial charge is 0.464 e. The number of nitrogens with zero attached hydrogens (tertiary/aromatic N) is 1. The topological polar surface area (TPSA) is 33.5 Å². The summed E-state index contributed by atoms with van der Waals surface area (Å²) >= 11 is 0. The fourth-order valence-electron chi connectivity index (χ4n) is 4.16. The van der Waals surface area contributed by atoms with Crippen molar-refractivity contribution < 1.29 is 9.21 Å². The number of carbonyl (C=O) groups excluding carboxylic acids is 1. The van der Waals surface area contributed by atoms with Gasteiger partial charge in [-0.15, -0.1) is 0 Å². The number of hydrogen-bond acceptors (Lipinski definition) is 2. The molecule has 2 aliphatic rings. The predicted molar refractivity (Wildman–Crippen MR) is 95.9 cm³/mol. The van der Waals surface area contributed by atoms with Gasteiger partial charge in [0.15, 0.2) is 0 Å². The summed E-state index contributed by atoms with van der Waals surface area (Å²) in [6.07, 6.45) is 9.48. The van der Waals surface area contributed by atoms with Crippen LogP contribution in [0.15, 0.2) is 28.9 Å². The van der Waals surface area contributed by atoms with Gasteiger partial charge in [-0.2, -0.15) is 0 Å². The Bertz CT molecular complexity index is 735. The molecule has 0 bridgehead atoms. The van der Waals surface area contributed by atoms with Gasteiger partial charge in [0.25, 0.3) is 0 Å². The van der Waals surface area contributed by atoms with E-state index in [2.05, 4.69) is 30.9 Å². The van der Waals surface area contributed by atoms with Gasteiger partial charge in [-0.25, -0.2) is 0 Å². The third-order valence-electron chi connectivity index (χ3n) is 5.76. The normalized spacial score (nSPS) is 24.2. The van der Waals surface area contributed by atoms with E-state index in [9.17, 15) is 4.79 Å². The summed E-state index contributed by atoms with van der Waals surface area (Å²) in [6.45, 7) is 4.39. The molecular weight excluding hydrogens is 298 g/mol. The van der Waals surface area contributed by atoms with Crippen LogP contribution in [0.25, 0.3) is 11.0 Å². The van der Waals surface area contributed by atoms with Gasteiger partial charge in [0, 0.05) is 23.0 Å². The zero-order valence-electron chi connectivity index (χ0n) is 14.8. The van der Waals surface area contributed by atoms with E-state index in [1.165, 1.54) is 44.1 Å². The molecule has 0 atom stereocenters. The van der Waals surface area contributed by atoms with Crippen molar-refractivity contribution in [2.45, 2.75) is 70.9 Å². The fourth-order valence-corrected chi connectivity index (χ4v) is 4.16. The monoisotopic (exact) mass is 325 g/mol. The molecule has 2 aliphatic carbocycles. The summed E-state index contributed by atoms with van der Waals surface area (Å²) < 4.78 is 5.68. The Morgan fingerprint density at radius 1 is 1.12 bits per heavy atom. The molecule has 3 nitrogen and oxygen atoms in total. The molecule has 0 radical (unpaired) electrons. The van der Waals surface area contributed by atoms with Gasteiger partial charge >= 0.3 is 0 Å². The molecule has 0 saturated heterocycles. The molecule has 128 valence electrons. The van der Waals surface area contributed by atoms with Crippen molar-refractivity contribution in [3.8, 4) is 0 Å². The van der Waals surface area contributed by atoms with Gasteiger partial charge in [-0.1, -0.05) is 19.1 Å². The second-order valence-electron chi connectivity index (χ2n) is 7.88. The maximum atomic E-state index is 13.1. The second-order valence-corrected chi connectivity index (χ2v) is 7.88. The maximum Gasteiger partial charge on any atom is 0.227 e. The number of aryl methyl sites for hydroxylation is 1. The smallest absolute Gasteiger partial charge is 0.227 e. The first-order chi connectivity index (χ1) is 11.6. The molecule has 2 saturated carbocycles. The molecule has 0 aliphatic heterocycles. The Hall–Kier alpha value is -1.77. The lowest BCUT2D eigenvalue weighted by atomic mass is 9.86. The van der Waals surface area contributed by atoms with E-state index >= 15 is 0 Å². The molecule has 2 fully saturated rings. The Balaban J connectivity index is 1.52. The maximum absolute atomic E-state index is 13.1. The molecule has 0 unspecified atom stereocenters. The van der Waals surface area contributed by atoms with Crippen LogP contribution in [0.5, 0.6) is 0 Å². The molecule has 2 aromatic rings. The molecule has 0 N–H and O–H groups in total. The molecule has 24 heavy (non-hydrogen) atoms. The first-order valence-electron chi connectivity index (χ1n) is 9.39. The molecule has 1 aromatic carbocycles. The van der Waals surface area contributed by atoms with Crippen molar-refractivity contribution in [3.63, 3.8) is 0 Å². The Morgan fingerprint density at radius 2 is 1.79 bits per heavy atom.